The van der Waals surface area contributed by atoms with E-state index in [4.69, 9.17) is 10.2 Å². The highest BCUT2D eigenvalue weighted by Crippen LogP contribution is 2.20. The summed E-state index contributed by atoms with van der Waals surface area (Å²) in [6, 6.07) is 11.2. The lowest BCUT2D eigenvalue weighted by atomic mass is 10.2. The molecule has 2 amide bonds. The molecular weight excluding hydrogens is 336 g/mol. The van der Waals surface area contributed by atoms with Crippen LogP contribution in [-0.4, -0.2) is 23.3 Å². The van der Waals surface area contributed by atoms with Gasteiger partial charge in [-0.2, -0.15) is 0 Å². The van der Waals surface area contributed by atoms with E-state index in [1.54, 1.807) is 11.0 Å². The summed E-state index contributed by atoms with van der Waals surface area (Å²) in [4.78, 5) is 25.1. The molecule has 0 aliphatic rings. The average molecular weight is 351 g/mol. The summed E-state index contributed by atoms with van der Waals surface area (Å²) < 4.78 is 5.47. The number of furan rings is 1. The Labute approximate surface area is 130 Å². The van der Waals surface area contributed by atoms with Crippen LogP contribution in [0.3, 0.4) is 0 Å². The van der Waals surface area contributed by atoms with Crippen molar-refractivity contribution in [3.8, 4) is 0 Å². The number of primary amides is 1. The van der Waals surface area contributed by atoms with E-state index in [0.29, 0.717) is 16.8 Å². The molecule has 0 saturated heterocycles. The Hall–Kier alpha value is -2.08. The van der Waals surface area contributed by atoms with Gasteiger partial charge in [-0.25, -0.2) is 0 Å². The summed E-state index contributed by atoms with van der Waals surface area (Å²) in [7, 11) is 0. The lowest BCUT2D eigenvalue weighted by Gasteiger charge is -2.22. The summed E-state index contributed by atoms with van der Waals surface area (Å²) >= 11 is 3.19. The fourth-order valence-electron chi connectivity index (χ4n) is 1.92. The van der Waals surface area contributed by atoms with E-state index in [1.807, 2.05) is 30.3 Å². The smallest absolute Gasteiger partial charge is 0.258 e. The molecule has 1 aromatic heterocycles. The van der Waals surface area contributed by atoms with Gasteiger partial charge < -0.3 is 15.1 Å². The number of nitrogens with two attached hydrogens (primary N) is 1. The van der Waals surface area contributed by atoms with Gasteiger partial charge in [0.15, 0.2) is 4.67 Å². The zero-order chi connectivity index (χ0) is 15.2. The molecule has 0 atom stereocenters. The summed E-state index contributed by atoms with van der Waals surface area (Å²) in [5.74, 6) is -0.646. The van der Waals surface area contributed by atoms with Crippen LogP contribution in [-0.2, 0) is 11.3 Å². The fourth-order valence-corrected chi connectivity index (χ4v) is 2.33. The first-order valence-corrected chi connectivity index (χ1v) is 7.21. The number of halogens is 1. The molecule has 21 heavy (non-hydrogen) atoms. The highest BCUT2D eigenvalue weighted by atomic mass is 79.9. The van der Waals surface area contributed by atoms with Gasteiger partial charge in [0.1, 0.15) is 0 Å². The van der Waals surface area contributed by atoms with E-state index >= 15 is 0 Å². The topological polar surface area (TPSA) is 76.5 Å². The Morgan fingerprint density at radius 3 is 2.48 bits per heavy atom. The van der Waals surface area contributed by atoms with Crippen molar-refractivity contribution in [2.45, 2.75) is 13.0 Å². The maximum Gasteiger partial charge on any atom is 0.258 e. The molecule has 0 bridgehead atoms. The minimum Gasteiger partial charge on any atom is -0.457 e. The highest BCUT2D eigenvalue weighted by Gasteiger charge is 2.20. The van der Waals surface area contributed by atoms with Gasteiger partial charge in [-0.3, -0.25) is 9.59 Å². The van der Waals surface area contributed by atoms with Gasteiger partial charge in [0.05, 0.1) is 11.8 Å². The quantitative estimate of drug-likeness (QED) is 0.869. The Balaban J connectivity index is 2.17. The van der Waals surface area contributed by atoms with Gasteiger partial charge in [0.2, 0.25) is 5.91 Å². The number of nitrogens with zero attached hydrogens (tertiary/aromatic N) is 1. The van der Waals surface area contributed by atoms with Crippen LogP contribution in [0.2, 0.25) is 0 Å². The van der Waals surface area contributed by atoms with E-state index in [2.05, 4.69) is 15.9 Å². The monoisotopic (exact) mass is 350 g/mol. The van der Waals surface area contributed by atoms with Crippen molar-refractivity contribution in [1.82, 2.24) is 4.90 Å². The highest BCUT2D eigenvalue weighted by molar-refractivity contribution is 9.10. The van der Waals surface area contributed by atoms with E-state index in [0.717, 1.165) is 5.56 Å². The maximum atomic E-state index is 12.5. The fraction of sp³-hybridized carbons (Fsp3) is 0.200. The third-order valence-electron chi connectivity index (χ3n) is 2.98. The molecule has 5 nitrogen and oxygen atoms in total. The van der Waals surface area contributed by atoms with Crippen LogP contribution in [0.1, 0.15) is 22.3 Å². The Bertz CT molecular complexity index is 625. The first-order chi connectivity index (χ1) is 10.1. The van der Waals surface area contributed by atoms with E-state index < -0.39 is 5.91 Å². The molecule has 0 saturated carbocycles. The van der Waals surface area contributed by atoms with Gasteiger partial charge in [-0.05, 0) is 27.6 Å². The minimum absolute atomic E-state index is 0.119. The third-order valence-corrected chi connectivity index (χ3v) is 3.59. The molecule has 0 aliphatic carbocycles. The predicted octanol–water partition coefficient (Wildman–Crippen LogP) is 2.56. The SMILES string of the molecule is NC(=O)CCN(Cc1ccccc1)C(=O)c1ccoc1Br. The summed E-state index contributed by atoms with van der Waals surface area (Å²) in [6.07, 6.45) is 1.56. The molecule has 2 aromatic rings. The van der Waals surface area contributed by atoms with Crippen LogP contribution in [0.15, 0.2) is 51.7 Å². The van der Waals surface area contributed by atoms with Crippen LogP contribution < -0.4 is 5.73 Å². The molecule has 2 N–H and O–H groups in total. The number of hydrogen-bond acceptors (Lipinski definition) is 3. The Kier molecular flexibility index (Phi) is 5.16. The van der Waals surface area contributed by atoms with Crippen LogP contribution in [0, 0.1) is 0 Å². The number of carbonyl (C=O) groups excluding carboxylic acids is 2. The van der Waals surface area contributed by atoms with Crippen molar-refractivity contribution in [1.29, 1.82) is 0 Å². The number of amides is 2. The molecule has 0 fully saturated rings. The predicted molar refractivity (Wildman–Crippen MR) is 81.4 cm³/mol. The maximum absolute atomic E-state index is 12.5. The summed E-state index contributed by atoms with van der Waals surface area (Å²) in [5, 5.41) is 0. The summed E-state index contributed by atoms with van der Waals surface area (Å²) in [6.45, 7) is 0.672. The largest absolute Gasteiger partial charge is 0.457 e. The minimum atomic E-state index is -0.438. The van der Waals surface area contributed by atoms with Crippen molar-refractivity contribution in [3.63, 3.8) is 0 Å². The Morgan fingerprint density at radius 1 is 1.19 bits per heavy atom. The zero-order valence-corrected chi connectivity index (χ0v) is 12.9. The molecule has 1 aromatic carbocycles. The second-order valence-corrected chi connectivity index (χ2v) is 5.26. The summed E-state index contributed by atoms with van der Waals surface area (Å²) in [5.41, 5.74) is 6.59. The van der Waals surface area contributed by atoms with Crippen LogP contribution >= 0.6 is 15.9 Å². The van der Waals surface area contributed by atoms with Crippen molar-refractivity contribution < 1.29 is 14.0 Å². The second-order valence-electron chi connectivity index (χ2n) is 4.54. The van der Waals surface area contributed by atoms with E-state index in [1.165, 1.54) is 6.26 Å². The number of rotatable bonds is 6. The third kappa shape index (κ3) is 4.19. The number of hydrogen-bond donors (Lipinski definition) is 1. The lowest BCUT2D eigenvalue weighted by molar-refractivity contribution is -0.118. The zero-order valence-electron chi connectivity index (χ0n) is 11.3. The molecular formula is C15H15BrN2O3. The number of benzene rings is 1. The van der Waals surface area contributed by atoms with E-state index in [9.17, 15) is 9.59 Å². The standard InChI is InChI=1S/C15H15BrN2O3/c16-14-12(7-9-21-14)15(20)18(8-6-13(17)19)10-11-4-2-1-3-5-11/h1-5,7,9H,6,8,10H2,(H2,17,19). The second kappa shape index (κ2) is 7.08. The average Bonchev–Trinajstić information content (AvgIpc) is 2.90. The van der Waals surface area contributed by atoms with E-state index in [-0.39, 0.29) is 18.9 Å². The first-order valence-electron chi connectivity index (χ1n) is 6.42. The van der Waals surface area contributed by atoms with Gasteiger partial charge in [0, 0.05) is 19.5 Å². The van der Waals surface area contributed by atoms with Crippen molar-refractivity contribution >= 4 is 27.7 Å². The lowest BCUT2D eigenvalue weighted by Crippen LogP contribution is -2.33. The van der Waals surface area contributed by atoms with Crippen molar-refractivity contribution in [3.05, 3.63) is 58.5 Å². The number of carbonyl (C=O) groups is 2. The van der Waals surface area contributed by atoms with Gasteiger partial charge in [-0.15, -0.1) is 0 Å². The molecule has 0 aliphatic heterocycles. The molecule has 6 heteroatoms. The van der Waals surface area contributed by atoms with Crippen molar-refractivity contribution in [2.75, 3.05) is 6.54 Å². The molecule has 110 valence electrons. The van der Waals surface area contributed by atoms with Gasteiger partial charge in [0.25, 0.3) is 5.91 Å². The molecule has 0 spiro atoms. The molecule has 0 radical (unpaired) electrons. The van der Waals surface area contributed by atoms with Gasteiger partial charge >= 0.3 is 0 Å². The molecule has 2 rings (SSSR count). The molecule has 0 unspecified atom stereocenters. The van der Waals surface area contributed by atoms with Crippen LogP contribution in [0.5, 0.6) is 0 Å². The molecule has 1 heterocycles. The first kappa shape index (κ1) is 15.3. The van der Waals surface area contributed by atoms with Crippen LogP contribution in [0.4, 0.5) is 0 Å². The van der Waals surface area contributed by atoms with Crippen LogP contribution in [0.25, 0.3) is 0 Å². The normalized spacial score (nSPS) is 10.3. The van der Waals surface area contributed by atoms with Crippen molar-refractivity contribution in [2.24, 2.45) is 5.73 Å². The Morgan fingerprint density at radius 2 is 1.90 bits per heavy atom. The van der Waals surface area contributed by atoms with Gasteiger partial charge in [-0.1, -0.05) is 30.3 Å².